The van der Waals surface area contributed by atoms with E-state index in [-0.39, 0.29) is 66.4 Å². The maximum atomic E-state index is 14.7. The third-order valence-electron chi connectivity index (χ3n) is 10.2. The highest BCUT2D eigenvalue weighted by molar-refractivity contribution is 5.97. The third kappa shape index (κ3) is 8.42. The van der Waals surface area contributed by atoms with Gasteiger partial charge in [0.15, 0.2) is 0 Å². The zero-order valence-electron chi connectivity index (χ0n) is 30.7. The van der Waals surface area contributed by atoms with Crippen LogP contribution in [-0.2, 0) is 44.6 Å². The molecule has 0 saturated heterocycles. The van der Waals surface area contributed by atoms with E-state index in [1.54, 1.807) is 19.9 Å². The standard InChI is InChI=1S/C38H44F4N6O6/c1-6-20(4)29(44-28(49)18-22-12-9-10-15-26(22)39)33(50)47-37(17-16-27-24(19-37)23-13-11-14-25(31(23)43-27)38(40,41)42)36(52)45-30(21(5)7-2)34-46-32(48-54-34)35(51)53-8-3/h9-15,20-21,29-30,43H,6-8,16-19H2,1-5H3,(H,44,49)(H,45,52)(H,47,50)/t20?,21-,29+,30?,37+/m0/s1. The van der Waals surface area contributed by atoms with Gasteiger partial charge >= 0.3 is 12.1 Å². The number of esters is 1. The number of carbonyl (C=O) groups excluding carboxylic acids is 4. The summed E-state index contributed by atoms with van der Waals surface area (Å²) in [4.78, 5) is 61.7. The van der Waals surface area contributed by atoms with Crippen LogP contribution in [-0.4, -0.2) is 57.0 Å². The van der Waals surface area contributed by atoms with E-state index in [1.807, 2.05) is 20.8 Å². The number of aromatic amines is 1. The van der Waals surface area contributed by atoms with Crippen LogP contribution >= 0.6 is 0 Å². The molecule has 0 aliphatic heterocycles. The topological polar surface area (TPSA) is 168 Å². The van der Waals surface area contributed by atoms with E-state index in [4.69, 9.17) is 9.26 Å². The number of amides is 3. The Hall–Kier alpha value is -5.28. The maximum absolute atomic E-state index is 14.7. The summed E-state index contributed by atoms with van der Waals surface area (Å²) in [6.45, 7) is 8.92. The van der Waals surface area contributed by atoms with Crippen LogP contribution < -0.4 is 16.0 Å². The van der Waals surface area contributed by atoms with E-state index in [0.717, 1.165) is 6.07 Å². The number of alkyl halides is 3. The van der Waals surface area contributed by atoms with E-state index in [1.165, 1.54) is 30.3 Å². The van der Waals surface area contributed by atoms with Crippen LogP contribution in [0.3, 0.4) is 0 Å². The van der Waals surface area contributed by atoms with Gasteiger partial charge in [0.1, 0.15) is 23.4 Å². The van der Waals surface area contributed by atoms with Gasteiger partial charge in [0, 0.05) is 17.5 Å². The summed E-state index contributed by atoms with van der Waals surface area (Å²) < 4.78 is 66.9. The molecule has 0 fully saturated rings. The average Bonchev–Trinajstić information content (AvgIpc) is 3.78. The summed E-state index contributed by atoms with van der Waals surface area (Å²) in [6, 6.07) is 7.45. The maximum Gasteiger partial charge on any atom is 0.418 e. The van der Waals surface area contributed by atoms with Gasteiger partial charge in [-0.25, -0.2) is 9.18 Å². The number of para-hydroxylation sites is 1. The monoisotopic (exact) mass is 756 g/mol. The lowest BCUT2D eigenvalue weighted by atomic mass is 9.78. The Morgan fingerprint density at radius 3 is 2.39 bits per heavy atom. The molecule has 2 heterocycles. The molecule has 3 amide bonds. The smallest absolute Gasteiger partial charge is 0.418 e. The summed E-state index contributed by atoms with van der Waals surface area (Å²) in [5.74, 6) is -4.62. The van der Waals surface area contributed by atoms with Crippen LogP contribution in [0.5, 0.6) is 0 Å². The first-order chi connectivity index (χ1) is 25.6. The lowest BCUT2D eigenvalue weighted by Crippen LogP contribution is -2.65. The van der Waals surface area contributed by atoms with Crippen molar-refractivity contribution in [3.05, 3.63) is 82.4 Å². The van der Waals surface area contributed by atoms with Crippen molar-refractivity contribution >= 4 is 34.6 Å². The number of hydrogen-bond donors (Lipinski definition) is 4. The normalized spacial score (nSPS) is 17.9. The fourth-order valence-electron chi connectivity index (χ4n) is 6.72. The Balaban J connectivity index is 1.53. The number of H-pyrrole nitrogens is 1. The van der Waals surface area contributed by atoms with E-state index in [9.17, 15) is 36.7 Å². The van der Waals surface area contributed by atoms with Crippen molar-refractivity contribution in [2.75, 3.05) is 6.61 Å². The minimum atomic E-state index is -4.66. The summed E-state index contributed by atoms with van der Waals surface area (Å²) >= 11 is 0. The molecule has 0 spiro atoms. The van der Waals surface area contributed by atoms with Crippen LogP contribution in [0, 0.1) is 17.7 Å². The fraction of sp³-hybridized carbons (Fsp3) is 0.474. The van der Waals surface area contributed by atoms with Crippen molar-refractivity contribution in [1.82, 2.24) is 31.1 Å². The van der Waals surface area contributed by atoms with Crippen LogP contribution in [0.25, 0.3) is 10.9 Å². The van der Waals surface area contributed by atoms with Gasteiger partial charge in [-0.2, -0.15) is 18.2 Å². The lowest BCUT2D eigenvalue weighted by molar-refractivity contribution is -0.137. The molecule has 0 radical (unpaired) electrons. The summed E-state index contributed by atoms with van der Waals surface area (Å²) in [5.41, 5.74) is -1.70. The number of carbonyl (C=O) groups is 4. The second-order valence-corrected chi connectivity index (χ2v) is 13.8. The van der Waals surface area contributed by atoms with Gasteiger partial charge in [0.25, 0.3) is 5.82 Å². The number of benzene rings is 2. The summed E-state index contributed by atoms with van der Waals surface area (Å²) in [7, 11) is 0. The molecule has 54 heavy (non-hydrogen) atoms. The molecule has 2 aromatic carbocycles. The van der Waals surface area contributed by atoms with Gasteiger partial charge in [0.2, 0.25) is 23.6 Å². The van der Waals surface area contributed by atoms with Crippen molar-refractivity contribution in [2.24, 2.45) is 11.8 Å². The Kier molecular flexibility index (Phi) is 12.1. The number of rotatable bonds is 14. The van der Waals surface area contributed by atoms with E-state index >= 15 is 0 Å². The quantitative estimate of drug-likeness (QED) is 0.0911. The van der Waals surface area contributed by atoms with Crippen molar-refractivity contribution < 1.29 is 46.0 Å². The molecule has 0 bridgehead atoms. The highest BCUT2D eigenvalue weighted by Gasteiger charge is 2.47. The first kappa shape index (κ1) is 39.9. The van der Waals surface area contributed by atoms with Crippen molar-refractivity contribution in [3.63, 3.8) is 0 Å². The van der Waals surface area contributed by atoms with Gasteiger partial charge in [-0.3, -0.25) is 14.4 Å². The van der Waals surface area contributed by atoms with Crippen molar-refractivity contribution in [1.29, 1.82) is 0 Å². The lowest BCUT2D eigenvalue weighted by Gasteiger charge is -2.39. The van der Waals surface area contributed by atoms with Crippen LogP contribution in [0.2, 0.25) is 0 Å². The van der Waals surface area contributed by atoms with E-state index < -0.39 is 64.8 Å². The average molecular weight is 757 g/mol. The fourth-order valence-corrected chi connectivity index (χ4v) is 6.72. The molecular formula is C38H44F4N6O6. The molecule has 1 aliphatic rings. The third-order valence-corrected chi connectivity index (χ3v) is 10.2. The zero-order chi connectivity index (χ0) is 39.4. The number of ether oxygens (including phenoxy) is 1. The van der Waals surface area contributed by atoms with E-state index in [2.05, 4.69) is 31.1 Å². The van der Waals surface area contributed by atoms with Gasteiger partial charge in [0.05, 0.1) is 24.1 Å². The van der Waals surface area contributed by atoms with Crippen LogP contribution in [0.4, 0.5) is 17.6 Å². The Morgan fingerprint density at radius 2 is 1.72 bits per heavy atom. The number of hydrogen-bond acceptors (Lipinski definition) is 8. The number of nitrogens with zero attached hydrogens (tertiary/aromatic N) is 2. The second kappa shape index (κ2) is 16.4. The number of nitrogens with one attached hydrogen (secondary N) is 4. The summed E-state index contributed by atoms with van der Waals surface area (Å²) in [6.07, 6.45) is -4.19. The minimum Gasteiger partial charge on any atom is -0.460 e. The molecular weight excluding hydrogens is 712 g/mol. The highest BCUT2D eigenvalue weighted by atomic mass is 19.4. The molecule has 290 valence electrons. The second-order valence-electron chi connectivity index (χ2n) is 13.8. The SMILES string of the molecule is CCOC(=O)c1noc(C(NC(=O)[C@@]2(NC(=O)[C@H](NC(=O)Cc3ccccc3F)C(C)CC)CCc3[nH]c4c(C(F)(F)F)cccc4c3C2)[C@@H](C)CC)n1. The molecule has 5 atom stereocenters. The Morgan fingerprint density at radius 1 is 1.00 bits per heavy atom. The molecule has 2 unspecified atom stereocenters. The number of aryl methyl sites for hydroxylation is 1. The molecule has 12 nitrogen and oxygen atoms in total. The van der Waals surface area contributed by atoms with Gasteiger partial charge in [-0.05, 0) is 60.0 Å². The zero-order valence-corrected chi connectivity index (χ0v) is 30.7. The molecule has 2 aromatic heterocycles. The summed E-state index contributed by atoms with van der Waals surface area (Å²) in [5, 5.41) is 12.5. The molecule has 5 rings (SSSR count). The molecule has 1 aliphatic carbocycles. The molecule has 0 saturated carbocycles. The Labute approximate surface area is 309 Å². The van der Waals surface area contributed by atoms with Crippen molar-refractivity contribution in [2.45, 2.75) is 96.9 Å². The highest BCUT2D eigenvalue weighted by Crippen LogP contribution is 2.40. The number of halogens is 4. The van der Waals surface area contributed by atoms with Gasteiger partial charge < -0.3 is 30.2 Å². The first-order valence-electron chi connectivity index (χ1n) is 18.0. The Bertz CT molecular complexity index is 2010. The minimum absolute atomic E-state index is 0.0344. The number of fused-ring (bicyclic) bond motifs is 3. The molecule has 16 heteroatoms. The van der Waals surface area contributed by atoms with Gasteiger partial charge in [-0.15, -0.1) is 0 Å². The number of aromatic nitrogens is 3. The predicted octanol–water partition coefficient (Wildman–Crippen LogP) is 5.91. The van der Waals surface area contributed by atoms with Crippen LogP contribution in [0.15, 0.2) is 47.0 Å². The molecule has 4 aromatic rings. The van der Waals surface area contributed by atoms with Crippen molar-refractivity contribution in [3.8, 4) is 0 Å². The first-order valence-corrected chi connectivity index (χ1v) is 18.0. The van der Waals surface area contributed by atoms with Gasteiger partial charge in [-0.1, -0.05) is 70.9 Å². The molecule has 4 N–H and O–H groups in total. The predicted molar refractivity (Wildman–Crippen MR) is 188 cm³/mol. The van der Waals surface area contributed by atoms with Crippen LogP contribution in [0.1, 0.15) is 98.8 Å². The van der Waals surface area contributed by atoms with E-state index in [0.29, 0.717) is 24.1 Å². The largest absolute Gasteiger partial charge is 0.460 e.